The number of aryl methyl sites for hydroxylation is 2. The number of ether oxygens (including phenoxy) is 3. The highest BCUT2D eigenvalue weighted by molar-refractivity contribution is 7.22. The second-order valence-corrected chi connectivity index (χ2v) is 9.30. The number of methoxy groups -OCH3 is 3. The van der Waals surface area contributed by atoms with Crippen molar-refractivity contribution in [2.75, 3.05) is 53.4 Å². The standard InChI is InChI=1S/C26H33N3O4S/c1-17-9-11-22-24(18(17)2)27-26(34-22)29(14-8-13-28(3)4)23(30)12-10-19-15-20(31-5)25(33-7)21(16-19)32-6/h9-12,15-16H,8,13-14H2,1-7H3. The van der Waals surface area contributed by atoms with Crippen LogP contribution in [-0.2, 0) is 4.79 Å². The zero-order valence-corrected chi connectivity index (χ0v) is 21.8. The molecule has 1 heterocycles. The number of hydrogen-bond donors (Lipinski definition) is 0. The van der Waals surface area contributed by atoms with Gasteiger partial charge in [-0.25, -0.2) is 4.98 Å². The molecule has 0 saturated heterocycles. The lowest BCUT2D eigenvalue weighted by atomic mass is 10.1. The molecule has 0 spiro atoms. The highest BCUT2D eigenvalue weighted by Gasteiger charge is 2.19. The van der Waals surface area contributed by atoms with Crippen molar-refractivity contribution in [3.8, 4) is 17.2 Å². The van der Waals surface area contributed by atoms with E-state index in [0.717, 1.165) is 34.3 Å². The summed E-state index contributed by atoms with van der Waals surface area (Å²) in [5.74, 6) is 1.46. The Labute approximate surface area is 205 Å². The van der Waals surface area contributed by atoms with Crippen LogP contribution in [-0.4, -0.2) is 64.3 Å². The molecule has 182 valence electrons. The molecule has 1 amide bonds. The van der Waals surface area contributed by atoms with Crippen molar-refractivity contribution in [2.45, 2.75) is 20.3 Å². The van der Waals surface area contributed by atoms with Crippen molar-refractivity contribution < 1.29 is 19.0 Å². The Morgan fingerprint density at radius 2 is 1.71 bits per heavy atom. The monoisotopic (exact) mass is 483 g/mol. The number of benzene rings is 2. The zero-order valence-electron chi connectivity index (χ0n) is 21.0. The molecule has 0 aliphatic rings. The third kappa shape index (κ3) is 5.69. The molecule has 8 heteroatoms. The molecule has 0 aliphatic heterocycles. The Morgan fingerprint density at radius 3 is 2.29 bits per heavy atom. The van der Waals surface area contributed by atoms with Crippen molar-refractivity contribution in [2.24, 2.45) is 0 Å². The van der Waals surface area contributed by atoms with Gasteiger partial charge in [-0.15, -0.1) is 0 Å². The fourth-order valence-corrected chi connectivity index (χ4v) is 4.69. The summed E-state index contributed by atoms with van der Waals surface area (Å²) < 4.78 is 17.3. The van der Waals surface area contributed by atoms with Crippen LogP contribution in [0, 0.1) is 13.8 Å². The molecule has 3 rings (SSSR count). The van der Waals surface area contributed by atoms with Gasteiger partial charge in [0.1, 0.15) is 0 Å². The number of amides is 1. The van der Waals surface area contributed by atoms with E-state index in [0.29, 0.717) is 28.9 Å². The first-order valence-electron chi connectivity index (χ1n) is 11.1. The van der Waals surface area contributed by atoms with Gasteiger partial charge in [-0.05, 0) is 81.9 Å². The van der Waals surface area contributed by atoms with Gasteiger partial charge < -0.3 is 19.1 Å². The van der Waals surface area contributed by atoms with Crippen LogP contribution in [0.1, 0.15) is 23.1 Å². The van der Waals surface area contributed by atoms with Crippen LogP contribution in [0.2, 0.25) is 0 Å². The molecule has 0 bridgehead atoms. The summed E-state index contributed by atoms with van der Waals surface area (Å²) in [5, 5.41) is 0.710. The van der Waals surface area contributed by atoms with Crippen LogP contribution in [0.3, 0.4) is 0 Å². The topological polar surface area (TPSA) is 64.1 Å². The van der Waals surface area contributed by atoms with E-state index in [-0.39, 0.29) is 5.91 Å². The van der Waals surface area contributed by atoms with Crippen LogP contribution in [0.25, 0.3) is 16.3 Å². The average Bonchev–Trinajstić information content (AvgIpc) is 3.26. The maximum Gasteiger partial charge on any atom is 0.252 e. The van der Waals surface area contributed by atoms with E-state index >= 15 is 0 Å². The van der Waals surface area contributed by atoms with Crippen LogP contribution in [0.4, 0.5) is 5.13 Å². The summed E-state index contributed by atoms with van der Waals surface area (Å²) in [4.78, 5) is 22.1. The molecule has 0 N–H and O–H groups in total. The number of thiazole rings is 1. The van der Waals surface area contributed by atoms with E-state index < -0.39 is 0 Å². The molecule has 7 nitrogen and oxygen atoms in total. The lowest BCUT2D eigenvalue weighted by Crippen LogP contribution is -2.32. The SMILES string of the molecule is COc1cc(C=CC(=O)N(CCCN(C)C)c2nc3c(C)c(C)ccc3s2)cc(OC)c1OC. The molecule has 3 aromatic rings. The summed E-state index contributed by atoms with van der Waals surface area (Å²) >= 11 is 1.54. The summed E-state index contributed by atoms with van der Waals surface area (Å²) in [7, 11) is 8.76. The van der Waals surface area contributed by atoms with Crippen molar-refractivity contribution in [3.63, 3.8) is 0 Å². The number of anilines is 1. The number of carbonyl (C=O) groups is 1. The Kier molecular flexibility index (Phi) is 8.52. The summed E-state index contributed by atoms with van der Waals surface area (Å²) in [5.41, 5.74) is 4.07. The molecule has 34 heavy (non-hydrogen) atoms. The zero-order chi connectivity index (χ0) is 24.8. The number of fused-ring (bicyclic) bond motifs is 1. The van der Waals surface area contributed by atoms with Crippen LogP contribution < -0.4 is 19.1 Å². The fourth-order valence-electron chi connectivity index (χ4n) is 3.63. The molecule has 0 radical (unpaired) electrons. The predicted octanol–water partition coefficient (Wildman–Crippen LogP) is 4.94. The first-order valence-corrected chi connectivity index (χ1v) is 11.9. The number of rotatable bonds is 10. The summed E-state index contributed by atoms with van der Waals surface area (Å²) in [6.45, 7) is 5.61. The Balaban J connectivity index is 1.93. The third-order valence-corrected chi connectivity index (χ3v) is 6.71. The minimum absolute atomic E-state index is 0.124. The normalized spacial score (nSPS) is 11.4. The van der Waals surface area contributed by atoms with Gasteiger partial charge in [-0.2, -0.15) is 0 Å². The molecule has 0 fully saturated rings. The maximum absolute atomic E-state index is 13.4. The number of aromatic nitrogens is 1. The van der Waals surface area contributed by atoms with Crippen LogP contribution in [0.15, 0.2) is 30.3 Å². The van der Waals surface area contributed by atoms with Gasteiger partial charge in [0, 0.05) is 12.6 Å². The average molecular weight is 484 g/mol. The van der Waals surface area contributed by atoms with E-state index in [1.807, 2.05) is 26.2 Å². The van der Waals surface area contributed by atoms with Gasteiger partial charge >= 0.3 is 0 Å². The molecule has 0 atom stereocenters. The van der Waals surface area contributed by atoms with Crippen LogP contribution in [0.5, 0.6) is 17.2 Å². The van der Waals surface area contributed by atoms with Gasteiger partial charge in [-0.1, -0.05) is 17.4 Å². The minimum atomic E-state index is -0.124. The second kappa shape index (κ2) is 11.4. The van der Waals surface area contributed by atoms with Gasteiger partial charge in [0.15, 0.2) is 16.6 Å². The molecule has 1 aromatic heterocycles. The van der Waals surface area contributed by atoms with E-state index in [9.17, 15) is 4.79 Å². The molecular weight excluding hydrogens is 450 g/mol. The summed E-state index contributed by atoms with van der Waals surface area (Å²) in [6, 6.07) is 7.80. The third-order valence-electron chi connectivity index (χ3n) is 5.66. The largest absolute Gasteiger partial charge is 0.493 e. The fraction of sp³-hybridized carbons (Fsp3) is 0.385. The van der Waals surface area contributed by atoms with Crippen molar-refractivity contribution in [3.05, 3.63) is 47.0 Å². The number of nitrogens with zero attached hydrogens (tertiary/aromatic N) is 3. The first-order chi connectivity index (χ1) is 16.3. The van der Waals surface area contributed by atoms with Gasteiger partial charge in [-0.3, -0.25) is 9.69 Å². The van der Waals surface area contributed by atoms with Crippen molar-refractivity contribution in [1.29, 1.82) is 0 Å². The van der Waals surface area contributed by atoms with Crippen LogP contribution >= 0.6 is 11.3 Å². The predicted molar refractivity (Wildman–Crippen MR) is 140 cm³/mol. The maximum atomic E-state index is 13.4. The first kappa shape index (κ1) is 25.5. The quantitative estimate of drug-likeness (QED) is 0.381. The molecule has 0 saturated carbocycles. The Morgan fingerprint density at radius 1 is 1.03 bits per heavy atom. The van der Waals surface area contributed by atoms with Crippen molar-refractivity contribution in [1.82, 2.24) is 9.88 Å². The molecule has 0 unspecified atom stereocenters. The van der Waals surface area contributed by atoms with E-state index in [1.54, 1.807) is 49.7 Å². The Hall–Kier alpha value is -3.10. The molecular formula is C26H33N3O4S. The smallest absolute Gasteiger partial charge is 0.252 e. The Bertz CT molecular complexity index is 1160. The second-order valence-electron chi connectivity index (χ2n) is 8.29. The van der Waals surface area contributed by atoms with Gasteiger partial charge in [0.25, 0.3) is 5.91 Å². The molecule has 2 aromatic carbocycles. The molecule has 0 aliphatic carbocycles. The van der Waals surface area contributed by atoms with Gasteiger partial charge in [0.05, 0.1) is 31.5 Å². The number of hydrogen-bond acceptors (Lipinski definition) is 7. The lowest BCUT2D eigenvalue weighted by molar-refractivity contribution is -0.114. The highest BCUT2D eigenvalue weighted by Crippen LogP contribution is 2.38. The van der Waals surface area contributed by atoms with Crippen molar-refractivity contribution >= 4 is 38.7 Å². The van der Waals surface area contributed by atoms with E-state index in [1.165, 1.54) is 5.56 Å². The van der Waals surface area contributed by atoms with E-state index in [2.05, 4.69) is 30.9 Å². The summed E-state index contributed by atoms with van der Waals surface area (Å²) in [6.07, 6.45) is 4.17. The highest BCUT2D eigenvalue weighted by atomic mass is 32.1. The van der Waals surface area contributed by atoms with Gasteiger partial charge in [0.2, 0.25) is 5.75 Å². The minimum Gasteiger partial charge on any atom is -0.493 e. The van der Waals surface area contributed by atoms with E-state index in [4.69, 9.17) is 19.2 Å². The lowest BCUT2D eigenvalue weighted by Gasteiger charge is -2.19. The number of carbonyl (C=O) groups excluding carboxylic acids is 1.